The maximum atomic E-state index is 12.5. The standard InChI is InChI=1S/C19H21ClN4O3/c1-13(18(25)23-15-5-3-2-4-6-15)22-17-16(20)11-14(12-21-17)19(26)24-7-9-27-10-8-24/h2-6,11-13H,7-10H2,1H3,(H,21,22)(H,23,25). The highest BCUT2D eigenvalue weighted by Gasteiger charge is 2.21. The van der Waals surface area contributed by atoms with Crippen LogP contribution in [0.4, 0.5) is 11.5 Å². The molecule has 0 aliphatic carbocycles. The number of halogens is 1. The van der Waals surface area contributed by atoms with Crippen molar-refractivity contribution in [1.29, 1.82) is 0 Å². The molecule has 2 N–H and O–H groups in total. The Morgan fingerprint density at radius 3 is 2.59 bits per heavy atom. The molecule has 7 nitrogen and oxygen atoms in total. The molecular weight excluding hydrogens is 368 g/mol. The minimum Gasteiger partial charge on any atom is -0.378 e. The van der Waals surface area contributed by atoms with Gasteiger partial charge in [-0.2, -0.15) is 0 Å². The maximum absolute atomic E-state index is 12.5. The Bertz CT molecular complexity index is 810. The van der Waals surface area contributed by atoms with Crippen LogP contribution in [0.5, 0.6) is 0 Å². The lowest BCUT2D eigenvalue weighted by Gasteiger charge is -2.26. The molecule has 0 spiro atoms. The van der Waals surface area contributed by atoms with E-state index in [1.54, 1.807) is 17.9 Å². The van der Waals surface area contributed by atoms with Gasteiger partial charge in [0, 0.05) is 25.0 Å². The van der Waals surface area contributed by atoms with Crippen LogP contribution in [0.3, 0.4) is 0 Å². The Kier molecular flexibility index (Phi) is 6.26. The first-order valence-electron chi connectivity index (χ1n) is 8.69. The molecule has 0 saturated carbocycles. The predicted molar refractivity (Wildman–Crippen MR) is 104 cm³/mol. The van der Waals surface area contributed by atoms with Crippen molar-refractivity contribution in [1.82, 2.24) is 9.88 Å². The van der Waals surface area contributed by atoms with E-state index in [1.165, 1.54) is 6.20 Å². The molecule has 1 aliphatic rings. The molecule has 27 heavy (non-hydrogen) atoms. The van der Waals surface area contributed by atoms with E-state index in [1.807, 2.05) is 30.3 Å². The molecule has 1 aliphatic heterocycles. The smallest absolute Gasteiger partial charge is 0.255 e. The topological polar surface area (TPSA) is 83.6 Å². The largest absolute Gasteiger partial charge is 0.378 e. The van der Waals surface area contributed by atoms with Gasteiger partial charge < -0.3 is 20.3 Å². The second-order valence-corrected chi connectivity index (χ2v) is 6.59. The number of carbonyl (C=O) groups is 2. The van der Waals surface area contributed by atoms with Crippen molar-refractivity contribution in [2.45, 2.75) is 13.0 Å². The Hall–Kier alpha value is -2.64. The van der Waals surface area contributed by atoms with Crippen LogP contribution >= 0.6 is 11.6 Å². The van der Waals surface area contributed by atoms with E-state index in [0.29, 0.717) is 43.4 Å². The molecule has 2 heterocycles. The number of aromatic nitrogens is 1. The summed E-state index contributed by atoms with van der Waals surface area (Å²) >= 11 is 6.27. The van der Waals surface area contributed by atoms with Crippen LogP contribution in [0.1, 0.15) is 17.3 Å². The second-order valence-electron chi connectivity index (χ2n) is 6.18. The molecule has 2 amide bonds. The lowest BCUT2D eigenvalue weighted by molar-refractivity contribution is -0.116. The first-order chi connectivity index (χ1) is 13.0. The van der Waals surface area contributed by atoms with Gasteiger partial charge in [0.2, 0.25) is 5.91 Å². The number of para-hydroxylation sites is 1. The fourth-order valence-electron chi connectivity index (χ4n) is 2.65. The van der Waals surface area contributed by atoms with E-state index in [2.05, 4.69) is 15.6 Å². The van der Waals surface area contributed by atoms with Gasteiger partial charge in [-0.15, -0.1) is 0 Å². The molecule has 2 aromatic rings. The normalized spacial score (nSPS) is 15.1. The highest BCUT2D eigenvalue weighted by Crippen LogP contribution is 2.22. The lowest BCUT2D eigenvalue weighted by Crippen LogP contribution is -2.40. The highest BCUT2D eigenvalue weighted by atomic mass is 35.5. The summed E-state index contributed by atoms with van der Waals surface area (Å²) in [5, 5.41) is 6.07. The lowest BCUT2D eigenvalue weighted by atomic mass is 10.2. The summed E-state index contributed by atoms with van der Waals surface area (Å²) in [5.41, 5.74) is 1.12. The van der Waals surface area contributed by atoms with Crippen molar-refractivity contribution >= 4 is 34.9 Å². The molecule has 3 rings (SSSR count). The number of rotatable bonds is 5. The van der Waals surface area contributed by atoms with Gasteiger partial charge >= 0.3 is 0 Å². The summed E-state index contributed by atoms with van der Waals surface area (Å²) in [5.74, 6) is 0.00700. The summed E-state index contributed by atoms with van der Waals surface area (Å²) in [4.78, 5) is 30.7. The zero-order valence-corrected chi connectivity index (χ0v) is 15.7. The van der Waals surface area contributed by atoms with Gasteiger partial charge in [-0.1, -0.05) is 29.8 Å². The summed E-state index contributed by atoms with van der Waals surface area (Å²) in [7, 11) is 0. The molecule has 0 radical (unpaired) electrons. The number of hydrogen-bond acceptors (Lipinski definition) is 5. The van der Waals surface area contributed by atoms with Crippen LogP contribution in [0.25, 0.3) is 0 Å². The SMILES string of the molecule is CC(Nc1ncc(C(=O)N2CCOCC2)cc1Cl)C(=O)Nc1ccccc1. The predicted octanol–water partition coefficient (Wildman–Crippen LogP) is 2.65. The fourth-order valence-corrected chi connectivity index (χ4v) is 2.87. The number of anilines is 2. The third-order valence-electron chi connectivity index (χ3n) is 4.17. The number of hydrogen-bond donors (Lipinski definition) is 2. The number of amides is 2. The minimum absolute atomic E-state index is 0.130. The van der Waals surface area contributed by atoms with E-state index < -0.39 is 6.04 Å². The Morgan fingerprint density at radius 1 is 1.22 bits per heavy atom. The van der Waals surface area contributed by atoms with Crippen molar-refractivity contribution in [3.05, 3.63) is 53.2 Å². The minimum atomic E-state index is -0.559. The van der Waals surface area contributed by atoms with Crippen molar-refractivity contribution in [3.8, 4) is 0 Å². The molecule has 1 fully saturated rings. The average Bonchev–Trinajstić information content (AvgIpc) is 2.70. The first kappa shape index (κ1) is 19.1. The molecular formula is C19H21ClN4O3. The Labute approximate surface area is 162 Å². The van der Waals surface area contributed by atoms with Crippen LogP contribution in [0.2, 0.25) is 5.02 Å². The summed E-state index contributed by atoms with van der Waals surface area (Å²) in [6.07, 6.45) is 1.47. The number of ether oxygens (including phenoxy) is 1. The van der Waals surface area contributed by atoms with Gasteiger partial charge in [-0.25, -0.2) is 4.98 Å². The van der Waals surface area contributed by atoms with Gasteiger partial charge in [0.05, 0.1) is 23.8 Å². The fraction of sp³-hybridized carbons (Fsp3) is 0.316. The number of nitrogens with one attached hydrogen (secondary N) is 2. The van der Waals surface area contributed by atoms with Crippen LogP contribution < -0.4 is 10.6 Å². The van der Waals surface area contributed by atoms with Crippen LogP contribution in [-0.4, -0.2) is 54.0 Å². The van der Waals surface area contributed by atoms with Gasteiger partial charge in [-0.05, 0) is 25.1 Å². The Morgan fingerprint density at radius 2 is 1.93 bits per heavy atom. The summed E-state index contributed by atoms with van der Waals surface area (Å²) in [6.45, 7) is 3.87. The van der Waals surface area contributed by atoms with Gasteiger partial charge in [0.1, 0.15) is 11.9 Å². The highest BCUT2D eigenvalue weighted by molar-refractivity contribution is 6.33. The molecule has 142 valence electrons. The van der Waals surface area contributed by atoms with Crippen LogP contribution in [-0.2, 0) is 9.53 Å². The van der Waals surface area contributed by atoms with Crippen molar-refractivity contribution in [2.75, 3.05) is 36.9 Å². The summed E-state index contributed by atoms with van der Waals surface area (Å²) in [6, 6.07) is 10.2. The van der Waals surface area contributed by atoms with Gasteiger partial charge in [-0.3, -0.25) is 9.59 Å². The number of nitrogens with zero attached hydrogens (tertiary/aromatic N) is 2. The molecule has 1 atom stereocenters. The van der Waals surface area contributed by atoms with Crippen molar-refractivity contribution in [2.24, 2.45) is 0 Å². The number of pyridine rings is 1. The third-order valence-corrected chi connectivity index (χ3v) is 4.46. The molecule has 8 heteroatoms. The summed E-state index contributed by atoms with van der Waals surface area (Å²) < 4.78 is 5.25. The third kappa shape index (κ3) is 4.96. The number of benzene rings is 1. The Balaban J connectivity index is 1.63. The van der Waals surface area contributed by atoms with Crippen LogP contribution in [0.15, 0.2) is 42.6 Å². The molecule has 1 aromatic heterocycles. The second kappa shape index (κ2) is 8.83. The zero-order chi connectivity index (χ0) is 19.2. The molecule has 1 aromatic carbocycles. The first-order valence-corrected chi connectivity index (χ1v) is 9.07. The number of morpholine rings is 1. The van der Waals surface area contributed by atoms with Gasteiger partial charge in [0.25, 0.3) is 5.91 Å². The van der Waals surface area contributed by atoms with E-state index in [4.69, 9.17) is 16.3 Å². The maximum Gasteiger partial charge on any atom is 0.255 e. The molecule has 1 saturated heterocycles. The van der Waals surface area contributed by atoms with Crippen molar-refractivity contribution < 1.29 is 14.3 Å². The average molecular weight is 389 g/mol. The van der Waals surface area contributed by atoms with E-state index in [-0.39, 0.29) is 16.8 Å². The van der Waals surface area contributed by atoms with Gasteiger partial charge in [0.15, 0.2) is 0 Å². The van der Waals surface area contributed by atoms with Crippen LogP contribution in [0, 0.1) is 0 Å². The van der Waals surface area contributed by atoms with E-state index in [9.17, 15) is 9.59 Å². The molecule has 1 unspecified atom stereocenters. The zero-order valence-electron chi connectivity index (χ0n) is 14.9. The number of carbonyl (C=O) groups excluding carboxylic acids is 2. The monoisotopic (exact) mass is 388 g/mol. The van der Waals surface area contributed by atoms with Crippen molar-refractivity contribution in [3.63, 3.8) is 0 Å². The van der Waals surface area contributed by atoms with E-state index in [0.717, 1.165) is 0 Å². The quantitative estimate of drug-likeness (QED) is 0.822. The molecule has 0 bridgehead atoms. The van der Waals surface area contributed by atoms with E-state index >= 15 is 0 Å².